The predicted molar refractivity (Wildman–Crippen MR) is 107 cm³/mol. The van der Waals surface area contributed by atoms with Crippen LogP contribution in [0.4, 0.5) is 9.39 Å². The number of anilines is 1. The number of benzene rings is 1. The average Bonchev–Trinajstić information content (AvgIpc) is 3.04. The number of fused-ring (bicyclic) bond motifs is 2. The maximum atomic E-state index is 13.6. The molecular formula is C21H19FN2O3S. The summed E-state index contributed by atoms with van der Waals surface area (Å²) in [7, 11) is 1.34. The minimum absolute atomic E-state index is 0.347. The quantitative estimate of drug-likeness (QED) is 0.652. The Morgan fingerprint density at radius 3 is 2.79 bits per heavy atom. The number of aryl methyl sites for hydroxylation is 2. The van der Waals surface area contributed by atoms with E-state index in [9.17, 15) is 14.0 Å². The molecule has 0 aliphatic heterocycles. The molecule has 144 valence electrons. The maximum absolute atomic E-state index is 13.6. The summed E-state index contributed by atoms with van der Waals surface area (Å²) >= 11 is 1.43. The topological polar surface area (TPSA) is 68.3 Å². The summed E-state index contributed by atoms with van der Waals surface area (Å²) in [6, 6.07) is 5.90. The van der Waals surface area contributed by atoms with E-state index in [1.54, 1.807) is 19.1 Å². The molecule has 0 spiro atoms. The van der Waals surface area contributed by atoms with Crippen LogP contribution in [0.3, 0.4) is 0 Å². The highest BCUT2D eigenvalue weighted by atomic mass is 32.1. The Kier molecular flexibility index (Phi) is 4.85. The molecule has 0 saturated heterocycles. The number of methoxy groups -OCH3 is 1. The lowest BCUT2D eigenvalue weighted by atomic mass is 9.95. The molecule has 4 rings (SSSR count). The molecule has 1 N–H and O–H groups in total. The highest BCUT2D eigenvalue weighted by molar-refractivity contribution is 7.17. The van der Waals surface area contributed by atoms with Crippen molar-refractivity contribution < 1.29 is 18.7 Å². The fourth-order valence-corrected chi connectivity index (χ4v) is 4.89. The van der Waals surface area contributed by atoms with Crippen molar-refractivity contribution in [3.8, 4) is 0 Å². The minimum Gasteiger partial charge on any atom is -0.465 e. The van der Waals surface area contributed by atoms with Gasteiger partial charge in [-0.25, -0.2) is 9.18 Å². The zero-order valence-electron chi connectivity index (χ0n) is 15.6. The summed E-state index contributed by atoms with van der Waals surface area (Å²) in [5.41, 5.74) is 2.94. The maximum Gasteiger partial charge on any atom is 0.341 e. The summed E-state index contributed by atoms with van der Waals surface area (Å²) in [6.07, 6.45) is 3.79. The van der Waals surface area contributed by atoms with Crippen molar-refractivity contribution >= 4 is 39.1 Å². The number of pyridine rings is 1. The molecule has 7 heteroatoms. The van der Waals surface area contributed by atoms with E-state index in [1.807, 2.05) is 0 Å². The van der Waals surface area contributed by atoms with Crippen LogP contribution in [0.5, 0.6) is 0 Å². The Balaban J connectivity index is 1.73. The predicted octanol–water partition coefficient (Wildman–Crippen LogP) is 4.66. The van der Waals surface area contributed by atoms with E-state index in [0.717, 1.165) is 36.1 Å². The van der Waals surface area contributed by atoms with Crippen LogP contribution in [-0.2, 0) is 17.6 Å². The van der Waals surface area contributed by atoms with E-state index >= 15 is 0 Å². The Morgan fingerprint density at radius 1 is 1.21 bits per heavy atom. The van der Waals surface area contributed by atoms with Crippen LogP contribution < -0.4 is 5.32 Å². The third-order valence-corrected chi connectivity index (χ3v) is 6.21. The number of thiophene rings is 1. The third-order valence-electron chi connectivity index (χ3n) is 5.00. The average molecular weight is 398 g/mol. The fraction of sp³-hybridized carbons (Fsp3) is 0.286. The first-order valence-electron chi connectivity index (χ1n) is 9.09. The Morgan fingerprint density at radius 2 is 2.00 bits per heavy atom. The lowest BCUT2D eigenvalue weighted by molar-refractivity contribution is 0.0601. The first-order valence-corrected chi connectivity index (χ1v) is 9.90. The van der Waals surface area contributed by atoms with E-state index in [4.69, 9.17) is 4.74 Å². The normalized spacial score (nSPS) is 13.2. The number of aromatic nitrogens is 1. The summed E-state index contributed by atoms with van der Waals surface area (Å²) in [5, 5.41) is 3.92. The molecule has 0 unspecified atom stereocenters. The number of nitrogens with one attached hydrogen (secondary N) is 1. The Hall–Kier alpha value is -2.80. The molecule has 1 aliphatic rings. The van der Waals surface area contributed by atoms with Gasteiger partial charge in [-0.05, 0) is 62.4 Å². The van der Waals surface area contributed by atoms with Crippen molar-refractivity contribution in [2.75, 3.05) is 12.4 Å². The van der Waals surface area contributed by atoms with E-state index in [0.29, 0.717) is 32.7 Å². The van der Waals surface area contributed by atoms with Gasteiger partial charge in [-0.15, -0.1) is 11.3 Å². The van der Waals surface area contributed by atoms with Crippen LogP contribution >= 0.6 is 11.3 Å². The molecule has 5 nitrogen and oxygen atoms in total. The molecular weight excluding hydrogens is 379 g/mol. The first-order chi connectivity index (χ1) is 13.5. The Labute approximate surface area is 165 Å². The van der Waals surface area contributed by atoms with Gasteiger partial charge in [0.1, 0.15) is 10.8 Å². The second-order valence-electron chi connectivity index (χ2n) is 6.82. The van der Waals surface area contributed by atoms with Crippen molar-refractivity contribution in [2.24, 2.45) is 0 Å². The number of carbonyl (C=O) groups excluding carboxylic acids is 2. The van der Waals surface area contributed by atoms with Crippen LogP contribution in [0.15, 0.2) is 24.3 Å². The molecule has 0 bridgehead atoms. The standard InChI is InChI=1S/C21H19FN2O3S/c1-11-15(10-12-9-13(22)7-8-16(12)23-11)19(25)24-20-18(21(26)27-2)14-5-3-4-6-17(14)28-20/h7-10H,3-6H2,1-2H3,(H,24,25). The van der Waals surface area contributed by atoms with Crippen molar-refractivity contribution in [2.45, 2.75) is 32.6 Å². The first kappa shape index (κ1) is 18.6. The number of halogens is 1. The zero-order chi connectivity index (χ0) is 19.8. The SMILES string of the molecule is COC(=O)c1c(NC(=O)c2cc3cc(F)ccc3nc2C)sc2c1CCCC2. The molecule has 0 atom stereocenters. The largest absolute Gasteiger partial charge is 0.465 e. The fourth-order valence-electron chi connectivity index (χ4n) is 3.62. The van der Waals surface area contributed by atoms with Gasteiger partial charge in [0.25, 0.3) is 5.91 Å². The number of hydrogen-bond acceptors (Lipinski definition) is 5. The number of ether oxygens (including phenoxy) is 1. The smallest absolute Gasteiger partial charge is 0.341 e. The summed E-state index contributed by atoms with van der Waals surface area (Å²) in [5.74, 6) is -1.20. The van der Waals surface area contributed by atoms with Crippen molar-refractivity contribution in [3.05, 3.63) is 57.3 Å². The second kappa shape index (κ2) is 7.31. The van der Waals surface area contributed by atoms with E-state index in [2.05, 4.69) is 10.3 Å². The number of amides is 1. The summed E-state index contributed by atoms with van der Waals surface area (Å²) in [4.78, 5) is 30.8. The summed E-state index contributed by atoms with van der Waals surface area (Å²) in [6.45, 7) is 1.73. The van der Waals surface area contributed by atoms with Crippen LogP contribution in [0, 0.1) is 12.7 Å². The summed E-state index contributed by atoms with van der Waals surface area (Å²) < 4.78 is 18.5. The molecule has 0 saturated carbocycles. The van der Waals surface area contributed by atoms with Gasteiger partial charge in [0, 0.05) is 10.3 Å². The van der Waals surface area contributed by atoms with E-state index in [1.165, 1.54) is 30.6 Å². The van der Waals surface area contributed by atoms with Gasteiger partial charge in [0.2, 0.25) is 0 Å². The van der Waals surface area contributed by atoms with Crippen LogP contribution in [0.1, 0.15) is 49.7 Å². The zero-order valence-corrected chi connectivity index (χ0v) is 16.4. The third kappa shape index (κ3) is 3.26. The van der Waals surface area contributed by atoms with Crippen molar-refractivity contribution in [1.82, 2.24) is 4.98 Å². The van der Waals surface area contributed by atoms with Gasteiger partial charge < -0.3 is 10.1 Å². The monoisotopic (exact) mass is 398 g/mol. The highest BCUT2D eigenvalue weighted by Crippen LogP contribution is 2.38. The highest BCUT2D eigenvalue weighted by Gasteiger charge is 2.27. The van der Waals surface area contributed by atoms with Gasteiger partial charge in [0.05, 0.1) is 29.4 Å². The number of rotatable bonds is 3. The minimum atomic E-state index is -0.440. The number of hydrogen-bond donors (Lipinski definition) is 1. The lowest BCUT2D eigenvalue weighted by Crippen LogP contribution is -2.16. The van der Waals surface area contributed by atoms with Crippen molar-refractivity contribution in [3.63, 3.8) is 0 Å². The van der Waals surface area contributed by atoms with Crippen LogP contribution in [0.25, 0.3) is 10.9 Å². The second-order valence-corrected chi connectivity index (χ2v) is 7.92. The number of esters is 1. The lowest BCUT2D eigenvalue weighted by Gasteiger charge is -2.12. The molecule has 2 aromatic heterocycles. The van der Waals surface area contributed by atoms with Gasteiger partial charge in [-0.1, -0.05) is 0 Å². The number of carbonyl (C=O) groups is 2. The van der Waals surface area contributed by atoms with E-state index < -0.39 is 5.97 Å². The molecule has 0 fully saturated rings. The van der Waals surface area contributed by atoms with E-state index in [-0.39, 0.29) is 11.7 Å². The molecule has 1 aromatic carbocycles. The molecule has 1 amide bonds. The molecule has 3 aromatic rings. The number of nitrogens with zero attached hydrogens (tertiary/aromatic N) is 1. The molecule has 28 heavy (non-hydrogen) atoms. The van der Waals surface area contributed by atoms with Gasteiger partial charge in [0.15, 0.2) is 0 Å². The molecule has 1 aliphatic carbocycles. The Bertz CT molecular complexity index is 1110. The molecule has 2 heterocycles. The van der Waals surface area contributed by atoms with Gasteiger partial charge in [-0.2, -0.15) is 0 Å². The van der Waals surface area contributed by atoms with Crippen LogP contribution in [0.2, 0.25) is 0 Å². The van der Waals surface area contributed by atoms with Gasteiger partial charge >= 0.3 is 5.97 Å². The molecule has 0 radical (unpaired) electrons. The van der Waals surface area contributed by atoms with Crippen molar-refractivity contribution in [1.29, 1.82) is 0 Å². The van der Waals surface area contributed by atoms with Crippen LogP contribution in [-0.4, -0.2) is 24.0 Å². The van der Waals surface area contributed by atoms with Gasteiger partial charge in [-0.3, -0.25) is 9.78 Å².